The molecule has 1 aliphatic rings. The molecule has 0 saturated heterocycles. The van der Waals surface area contributed by atoms with E-state index in [1.165, 1.54) is 25.7 Å². The topological polar surface area (TPSA) is 65.5 Å². The van der Waals surface area contributed by atoms with Crippen molar-refractivity contribution in [1.82, 2.24) is 16.0 Å². The largest absolute Gasteiger partial charge is 0.354 e. The molecule has 20 heavy (non-hydrogen) atoms. The number of thioether (sulfide) groups is 1. The molecule has 1 amide bonds. The van der Waals surface area contributed by atoms with Gasteiger partial charge in [-0.1, -0.05) is 6.42 Å². The summed E-state index contributed by atoms with van der Waals surface area (Å²) >= 11 is 1.94. The first kappa shape index (κ1) is 17.1. The summed E-state index contributed by atoms with van der Waals surface area (Å²) in [5.41, 5.74) is 0. The predicted octanol–water partition coefficient (Wildman–Crippen LogP) is 1.35. The number of nitrogens with zero attached hydrogens (tertiary/aromatic N) is 1. The van der Waals surface area contributed by atoms with Gasteiger partial charge < -0.3 is 16.0 Å². The van der Waals surface area contributed by atoms with Gasteiger partial charge in [-0.25, -0.2) is 0 Å². The number of guanidine groups is 1. The van der Waals surface area contributed by atoms with Crippen LogP contribution in [0.5, 0.6) is 0 Å². The predicted molar refractivity (Wildman–Crippen MR) is 87.3 cm³/mol. The second-order valence-corrected chi connectivity index (χ2v) is 6.65. The van der Waals surface area contributed by atoms with Gasteiger partial charge in [-0.15, -0.1) is 0 Å². The number of rotatable bonds is 5. The molecule has 0 aromatic carbocycles. The van der Waals surface area contributed by atoms with Gasteiger partial charge in [-0.3, -0.25) is 9.79 Å². The first-order valence-electron chi connectivity index (χ1n) is 7.34. The lowest BCUT2D eigenvalue weighted by molar-refractivity contribution is -0.120. The van der Waals surface area contributed by atoms with Crippen LogP contribution in [0.15, 0.2) is 4.99 Å². The Hall–Kier alpha value is -0.910. The molecule has 6 heteroatoms. The van der Waals surface area contributed by atoms with E-state index in [1.54, 1.807) is 7.05 Å². The fraction of sp³-hybridized carbons (Fsp3) is 0.857. The maximum absolute atomic E-state index is 11.6. The Labute approximate surface area is 126 Å². The number of hydrogen-bond donors (Lipinski definition) is 3. The van der Waals surface area contributed by atoms with Crippen molar-refractivity contribution in [2.45, 2.75) is 56.9 Å². The molecule has 1 rings (SSSR count). The first-order valence-corrected chi connectivity index (χ1v) is 8.63. The van der Waals surface area contributed by atoms with E-state index >= 15 is 0 Å². The molecule has 0 aromatic rings. The number of carbonyl (C=O) groups excluding carboxylic acids is 1. The van der Waals surface area contributed by atoms with Crippen molar-refractivity contribution in [3.63, 3.8) is 0 Å². The van der Waals surface area contributed by atoms with Crippen molar-refractivity contribution < 1.29 is 4.79 Å². The van der Waals surface area contributed by atoms with Crippen LogP contribution in [0.3, 0.4) is 0 Å². The van der Waals surface area contributed by atoms with E-state index in [1.807, 2.05) is 25.6 Å². The van der Waals surface area contributed by atoms with Crippen LogP contribution in [0, 0.1) is 0 Å². The second kappa shape index (κ2) is 9.10. The molecule has 0 bridgehead atoms. The van der Waals surface area contributed by atoms with Crippen LogP contribution in [0.4, 0.5) is 0 Å². The van der Waals surface area contributed by atoms with Crippen molar-refractivity contribution in [3.8, 4) is 0 Å². The van der Waals surface area contributed by atoms with Crippen LogP contribution in [-0.2, 0) is 4.79 Å². The highest BCUT2D eigenvalue weighted by Gasteiger charge is 2.21. The third-order valence-electron chi connectivity index (χ3n) is 3.39. The molecule has 0 heterocycles. The van der Waals surface area contributed by atoms with Gasteiger partial charge in [0.25, 0.3) is 0 Å². The highest BCUT2D eigenvalue weighted by molar-refractivity contribution is 7.99. The SMILES string of the molecule is CN=C(NCC(=O)NC(C)C)NC1CCCC(SC)C1. The molecule has 0 radical (unpaired) electrons. The quantitative estimate of drug-likeness (QED) is 0.530. The summed E-state index contributed by atoms with van der Waals surface area (Å²) in [5, 5.41) is 10.1. The Morgan fingerprint density at radius 3 is 2.75 bits per heavy atom. The third kappa shape index (κ3) is 6.50. The Morgan fingerprint density at radius 1 is 1.40 bits per heavy atom. The summed E-state index contributed by atoms with van der Waals surface area (Å²) in [5.74, 6) is 0.712. The van der Waals surface area contributed by atoms with E-state index in [0.717, 1.165) is 11.2 Å². The zero-order valence-electron chi connectivity index (χ0n) is 13.0. The Morgan fingerprint density at radius 2 is 2.15 bits per heavy atom. The Bertz CT molecular complexity index is 333. The number of nitrogens with one attached hydrogen (secondary N) is 3. The minimum atomic E-state index is -0.00594. The molecule has 3 N–H and O–H groups in total. The average molecular weight is 300 g/mol. The summed E-state index contributed by atoms with van der Waals surface area (Å²) in [7, 11) is 1.74. The molecule has 5 nitrogen and oxygen atoms in total. The van der Waals surface area contributed by atoms with Crippen LogP contribution >= 0.6 is 11.8 Å². The number of carbonyl (C=O) groups is 1. The van der Waals surface area contributed by atoms with Crippen molar-refractivity contribution in [2.75, 3.05) is 19.8 Å². The molecule has 2 unspecified atom stereocenters. The van der Waals surface area contributed by atoms with Gasteiger partial charge in [0.05, 0.1) is 6.54 Å². The molecule has 116 valence electrons. The van der Waals surface area contributed by atoms with Gasteiger partial charge in [0.1, 0.15) is 0 Å². The highest BCUT2D eigenvalue weighted by Crippen LogP contribution is 2.26. The fourth-order valence-electron chi connectivity index (χ4n) is 2.42. The molecule has 0 aliphatic heterocycles. The summed E-state index contributed by atoms with van der Waals surface area (Å²) in [6, 6.07) is 0.625. The lowest BCUT2D eigenvalue weighted by atomic mass is 9.95. The van der Waals surface area contributed by atoms with E-state index in [9.17, 15) is 4.79 Å². The molecule has 1 saturated carbocycles. The monoisotopic (exact) mass is 300 g/mol. The van der Waals surface area contributed by atoms with Gasteiger partial charge >= 0.3 is 0 Å². The van der Waals surface area contributed by atoms with E-state index in [2.05, 4.69) is 27.2 Å². The van der Waals surface area contributed by atoms with Gasteiger partial charge in [-0.05, 0) is 39.4 Å². The van der Waals surface area contributed by atoms with Crippen LogP contribution in [0.25, 0.3) is 0 Å². The standard InChI is InChI=1S/C14H28N4OS/c1-10(2)17-13(19)9-16-14(15-3)18-11-6-5-7-12(8-11)20-4/h10-12H,5-9H2,1-4H3,(H,17,19)(H2,15,16,18). The van der Waals surface area contributed by atoms with Crippen LogP contribution < -0.4 is 16.0 Å². The van der Waals surface area contributed by atoms with E-state index in [0.29, 0.717) is 6.04 Å². The lowest BCUT2D eigenvalue weighted by Crippen LogP contribution is -2.48. The van der Waals surface area contributed by atoms with Crippen LogP contribution in [-0.4, -0.2) is 49.0 Å². The number of hydrogen-bond acceptors (Lipinski definition) is 3. The Balaban J connectivity index is 2.34. The highest BCUT2D eigenvalue weighted by atomic mass is 32.2. The number of aliphatic imine (C=N–C) groups is 1. The Kier molecular flexibility index (Phi) is 7.80. The second-order valence-electron chi connectivity index (χ2n) is 5.51. The minimum absolute atomic E-state index is 0.00594. The summed E-state index contributed by atoms with van der Waals surface area (Å²) in [6.07, 6.45) is 7.09. The van der Waals surface area contributed by atoms with Crippen molar-refractivity contribution in [3.05, 3.63) is 0 Å². The average Bonchev–Trinajstić information content (AvgIpc) is 2.42. The first-order chi connectivity index (χ1) is 9.55. The van der Waals surface area contributed by atoms with Gasteiger partial charge in [0.15, 0.2) is 5.96 Å². The van der Waals surface area contributed by atoms with Gasteiger partial charge in [-0.2, -0.15) is 11.8 Å². The number of amides is 1. The molecule has 1 fully saturated rings. The maximum Gasteiger partial charge on any atom is 0.239 e. The summed E-state index contributed by atoms with van der Waals surface area (Å²) in [4.78, 5) is 15.8. The maximum atomic E-state index is 11.6. The van der Waals surface area contributed by atoms with E-state index in [-0.39, 0.29) is 18.5 Å². The van der Waals surface area contributed by atoms with Crippen molar-refractivity contribution >= 4 is 23.6 Å². The zero-order chi connectivity index (χ0) is 15.0. The van der Waals surface area contributed by atoms with E-state index in [4.69, 9.17) is 0 Å². The van der Waals surface area contributed by atoms with Crippen LogP contribution in [0.2, 0.25) is 0 Å². The van der Waals surface area contributed by atoms with Gasteiger partial charge in [0, 0.05) is 24.4 Å². The molecule has 1 aliphatic carbocycles. The van der Waals surface area contributed by atoms with Crippen LogP contribution in [0.1, 0.15) is 39.5 Å². The molecular weight excluding hydrogens is 272 g/mol. The summed E-state index contributed by atoms with van der Waals surface area (Å²) in [6.45, 7) is 4.17. The fourth-order valence-corrected chi connectivity index (χ4v) is 3.24. The summed E-state index contributed by atoms with van der Waals surface area (Å²) < 4.78 is 0. The van der Waals surface area contributed by atoms with E-state index < -0.39 is 0 Å². The third-order valence-corrected chi connectivity index (χ3v) is 4.48. The van der Waals surface area contributed by atoms with Crippen molar-refractivity contribution in [1.29, 1.82) is 0 Å². The van der Waals surface area contributed by atoms with Gasteiger partial charge in [0.2, 0.25) is 5.91 Å². The minimum Gasteiger partial charge on any atom is -0.354 e. The molecule has 0 aromatic heterocycles. The smallest absolute Gasteiger partial charge is 0.239 e. The lowest BCUT2D eigenvalue weighted by Gasteiger charge is -2.29. The zero-order valence-corrected chi connectivity index (χ0v) is 13.8. The molecule has 0 spiro atoms. The molecule has 2 atom stereocenters. The van der Waals surface area contributed by atoms with Crippen molar-refractivity contribution in [2.24, 2.45) is 4.99 Å². The molecular formula is C14H28N4OS. The normalized spacial score (nSPS) is 23.6.